The molecule has 0 radical (unpaired) electrons. The number of rotatable bonds is 13. The second-order valence-electron chi connectivity index (χ2n) is 20.7. The summed E-state index contributed by atoms with van der Waals surface area (Å²) in [7, 11) is 2.67. The maximum Gasteiger partial charge on any atom is 0.407 e. The number of methoxy groups -OCH3 is 2. The van der Waals surface area contributed by atoms with Crippen LogP contribution in [0.1, 0.15) is 129 Å². The summed E-state index contributed by atoms with van der Waals surface area (Å²) in [5.41, 5.74) is 7.19. The molecule has 15 nitrogen and oxygen atoms in total. The molecule has 6 heterocycles. The molecule has 4 saturated heterocycles. The van der Waals surface area contributed by atoms with Gasteiger partial charge in [-0.3, -0.25) is 14.6 Å². The summed E-state index contributed by atoms with van der Waals surface area (Å²) in [6.45, 7) is 10.4. The van der Waals surface area contributed by atoms with Crippen LogP contribution in [-0.2, 0) is 28.5 Å². The van der Waals surface area contributed by atoms with Gasteiger partial charge in [-0.15, -0.1) is 0 Å². The Morgan fingerprint density at radius 2 is 1.23 bits per heavy atom. The van der Waals surface area contributed by atoms with Crippen molar-refractivity contribution in [3.63, 3.8) is 0 Å². The van der Waals surface area contributed by atoms with Crippen LogP contribution in [0.2, 0.25) is 0 Å². The number of aromatic amines is 1. The normalized spacial score (nSPS) is 30.0. The van der Waals surface area contributed by atoms with Gasteiger partial charge >= 0.3 is 12.2 Å². The molecule has 1 saturated carbocycles. The maximum absolute atomic E-state index is 14.6. The second kappa shape index (κ2) is 20.8. The van der Waals surface area contributed by atoms with Crippen molar-refractivity contribution in [3.8, 4) is 22.4 Å². The Hall–Kier alpha value is -5.54. The van der Waals surface area contributed by atoms with Crippen molar-refractivity contribution in [1.29, 1.82) is 0 Å². The number of aliphatic imine (C=N–C) groups is 1. The monoisotopic (exact) mass is 946 g/mol. The molecule has 1 aromatic heterocycles. The van der Waals surface area contributed by atoms with Crippen LogP contribution in [0.15, 0.2) is 65.9 Å². The lowest BCUT2D eigenvalue weighted by Crippen LogP contribution is -2.57. The Morgan fingerprint density at radius 1 is 0.696 bits per heavy atom. The van der Waals surface area contributed by atoms with E-state index in [1.165, 1.54) is 14.2 Å². The van der Waals surface area contributed by atoms with Gasteiger partial charge in [0, 0.05) is 30.4 Å². The molecular formula is C54H71N7O8. The van der Waals surface area contributed by atoms with Crippen LogP contribution in [0.3, 0.4) is 0 Å². The Labute approximate surface area is 406 Å². The summed E-state index contributed by atoms with van der Waals surface area (Å²) < 4.78 is 22.4. The van der Waals surface area contributed by atoms with Gasteiger partial charge in [0.15, 0.2) is 0 Å². The first kappa shape index (κ1) is 48.5. The minimum atomic E-state index is -0.731. The molecule has 3 aromatic rings. The van der Waals surface area contributed by atoms with E-state index in [0.717, 1.165) is 96.4 Å². The fraction of sp³-hybridized carbons (Fsp3) is 0.593. The van der Waals surface area contributed by atoms with Crippen molar-refractivity contribution in [2.75, 3.05) is 14.2 Å². The summed E-state index contributed by atoms with van der Waals surface area (Å²) in [5.74, 6) is 0.976. The molecule has 1 aliphatic carbocycles. The molecule has 5 aliphatic heterocycles. The van der Waals surface area contributed by atoms with Gasteiger partial charge in [-0.1, -0.05) is 55.5 Å². The van der Waals surface area contributed by atoms with E-state index in [0.29, 0.717) is 31.6 Å². The molecule has 15 heteroatoms. The maximum atomic E-state index is 14.6. The molecule has 69 heavy (non-hydrogen) atoms. The number of imidazole rings is 1. The summed E-state index contributed by atoms with van der Waals surface area (Å²) >= 11 is 0. The van der Waals surface area contributed by atoms with Crippen molar-refractivity contribution < 1.29 is 38.1 Å². The van der Waals surface area contributed by atoms with Crippen molar-refractivity contribution in [2.45, 2.75) is 172 Å². The third-order valence-corrected chi connectivity index (χ3v) is 15.9. The van der Waals surface area contributed by atoms with Gasteiger partial charge in [0.05, 0.1) is 62.6 Å². The molecule has 12 atom stereocenters. The summed E-state index contributed by atoms with van der Waals surface area (Å²) in [5, 5.41) is 5.86. The van der Waals surface area contributed by atoms with E-state index in [4.69, 9.17) is 28.9 Å². The molecule has 9 rings (SSSR count). The molecule has 370 valence electrons. The zero-order valence-electron chi connectivity index (χ0n) is 41.3. The molecule has 3 N–H and O–H groups in total. The molecular weight excluding hydrogens is 875 g/mol. The minimum Gasteiger partial charge on any atom is -0.453 e. The van der Waals surface area contributed by atoms with Crippen LogP contribution in [0.4, 0.5) is 9.59 Å². The predicted octanol–water partition coefficient (Wildman–Crippen LogP) is 9.00. The lowest BCUT2D eigenvalue weighted by molar-refractivity contribution is -0.141. The van der Waals surface area contributed by atoms with Crippen LogP contribution in [0, 0.1) is 17.8 Å². The number of carbonyl (C=O) groups excluding carboxylic acids is 4. The van der Waals surface area contributed by atoms with Gasteiger partial charge in [0.1, 0.15) is 17.9 Å². The van der Waals surface area contributed by atoms with Crippen LogP contribution >= 0.6 is 0 Å². The van der Waals surface area contributed by atoms with E-state index < -0.39 is 24.3 Å². The Bertz CT molecular complexity index is 2400. The lowest BCUT2D eigenvalue weighted by Gasteiger charge is -2.40. The lowest BCUT2D eigenvalue weighted by atomic mass is 9.83. The number of nitrogens with one attached hydrogen (secondary N) is 3. The van der Waals surface area contributed by atoms with E-state index in [9.17, 15) is 19.2 Å². The molecule has 2 aromatic carbocycles. The molecule has 6 aliphatic rings. The molecule has 5 fully saturated rings. The van der Waals surface area contributed by atoms with Crippen LogP contribution in [0.5, 0.6) is 0 Å². The highest BCUT2D eigenvalue weighted by molar-refractivity contribution is 6.04. The highest BCUT2D eigenvalue weighted by Crippen LogP contribution is 2.43. The van der Waals surface area contributed by atoms with Crippen LogP contribution in [0.25, 0.3) is 28.0 Å². The van der Waals surface area contributed by atoms with Crippen molar-refractivity contribution in [3.05, 3.63) is 72.3 Å². The number of benzene rings is 2. The second-order valence-corrected chi connectivity index (χ2v) is 20.7. The van der Waals surface area contributed by atoms with E-state index >= 15 is 0 Å². The number of carbonyl (C=O) groups is 4. The topological polar surface area (TPSA) is 177 Å². The SMILES string of the molecule is CC[C@@H]1C[C@@H]([C@H](NC(=O)OC)C(=O)N2[C@@H](C)CC[C@H]2c2ncc(-c3ccc(-c4ccc(C5=CN=C([C@@H]6CC[C@H](C)N6C(=O)[C@@H](NC(=O)OC)[C@H]6C[C@@H](C)O[C@H](C7CC7)C6)C5)cc4)cc3)[nH]2)C[C@@H](C)O1. The predicted molar refractivity (Wildman–Crippen MR) is 263 cm³/mol. The number of hydrogen-bond donors (Lipinski definition) is 3. The Morgan fingerprint density at radius 3 is 1.81 bits per heavy atom. The largest absolute Gasteiger partial charge is 0.453 e. The number of allylic oxidation sites excluding steroid dienone is 1. The van der Waals surface area contributed by atoms with E-state index in [2.05, 4.69) is 91.8 Å². The number of H-pyrrole nitrogens is 1. The molecule has 4 amide bonds. The number of amides is 4. The summed E-state index contributed by atoms with van der Waals surface area (Å²) in [6, 6.07) is 15.1. The molecule has 0 bridgehead atoms. The molecule has 0 unspecified atom stereocenters. The van der Waals surface area contributed by atoms with E-state index in [1.54, 1.807) is 0 Å². The Kier molecular flexibility index (Phi) is 14.6. The van der Waals surface area contributed by atoms with Crippen molar-refractivity contribution >= 4 is 35.3 Å². The number of hydrogen-bond acceptors (Lipinski definition) is 10. The van der Waals surface area contributed by atoms with Gasteiger partial charge in [-0.25, -0.2) is 14.6 Å². The average Bonchev–Trinajstić information content (AvgIpc) is 3.64. The standard InChI is InChI=1S/C54H71N7O8/c1-8-42-25-39(23-32(4)68-42)48(58-53(64)66-6)52(63)61-31(3)10-22-46(61)50-56-29-44(57-50)37-17-15-35(16-18-37)34-11-13-36(14-12-34)41-26-43(55-28-41)45-21-9-30(2)60(45)51(62)49(59-54(65)67-7)40-24-33(5)69-47(27-40)38-19-20-38/h11-18,28-33,38-40,42,45-49H,8-10,19-27H2,1-7H3,(H,56,57)(H,58,64)(H,59,65)/t30-,31-,32+,33+,39-,40-,42+,45-,46-,47-,48-,49-/m0/s1. The first-order valence-corrected chi connectivity index (χ1v) is 25.5. The number of likely N-dealkylation sites (tertiary alicyclic amines) is 2. The zero-order valence-corrected chi connectivity index (χ0v) is 41.3. The minimum absolute atomic E-state index is 0.0162. The fourth-order valence-electron chi connectivity index (χ4n) is 12.1. The highest BCUT2D eigenvalue weighted by Gasteiger charge is 2.48. The van der Waals surface area contributed by atoms with Crippen molar-refractivity contribution in [2.24, 2.45) is 22.7 Å². The third kappa shape index (κ3) is 10.5. The van der Waals surface area contributed by atoms with Gasteiger partial charge in [0.25, 0.3) is 0 Å². The van der Waals surface area contributed by atoms with Crippen LogP contribution < -0.4 is 10.6 Å². The number of aromatic nitrogens is 2. The quantitative estimate of drug-likeness (QED) is 0.151. The molecule has 0 spiro atoms. The number of nitrogens with zero attached hydrogens (tertiary/aromatic N) is 4. The smallest absolute Gasteiger partial charge is 0.407 e. The number of alkyl carbamates (subject to hydrolysis) is 2. The summed E-state index contributed by atoms with van der Waals surface area (Å²) in [6.07, 6.45) is 12.6. The zero-order chi connectivity index (χ0) is 48.5. The first-order valence-electron chi connectivity index (χ1n) is 25.5. The number of ether oxygens (including phenoxy) is 4. The highest BCUT2D eigenvalue weighted by atomic mass is 16.5. The third-order valence-electron chi connectivity index (χ3n) is 15.9. The van der Waals surface area contributed by atoms with E-state index in [1.807, 2.05) is 29.1 Å². The van der Waals surface area contributed by atoms with E-state index in [-0.39, 0.29) is 72.2 Å². The average molecular weight is 946 g/mol. The van der Waals surface area contributed by atoms with Gasteiger partial charge in [0.2, 0.25) is 11.8 Å². The van der Waals surface area contributed by atoms with Crippen LogP contribution in [-0.4, -0.2) is 118 Å². The van der Waals surface area contributed by atoms with Gasteiger partial charge < -0.3 is 44.4 Å². The fourth-order valence-corrected chi connectivity index (χ4v) is 12.1. The summed E-state index contributed by atoms with van der Waals surface area (Å²) in [4.78, 5) is 71.6. The van der Waals surface area contributed by atoms with Crippen molar-refractivity contribution in [1.82, 2.24) is 30.4 Å². The first-order chi connectivity index (χ1) is 33.3. The Balaban J connectivity index is 0.838. The van der Waals surface area contributed by atoms with Gasteiger partial charge in [-0.2, -0.15) is 0 Å². The van der Waals surface area contributed by atoms with Gasteiger partial charge in [-0.05, 0) is 144 Å².